The van der Waals surface area contributed by atoms with Crippen LogP contribution in [0.1, 0.15) is 33.6 Å². The first kappa shape index (κ1) is 21.9. The van der Waals surface area contributed by atoms with Crippen molar-refractivity contribution >= 4 is 40.0 Å². The van der Waals surface area contributed by atoms with Crippen molar-refractivity contribution in [2.24, 2.45) is 10.4 Å². The largest absolute Gasteiger partial charge is 0.381 e. The summed E-state index contributed by atoms with van der Waals surface area (Å²) in [5, 5.41) is 3.28. The molecule has 2 aliphatic heterocycles. The third-order valence-electron chi connectivity index (χ3n) is 4.29. The van der Waals surface area contributed by atoms with Crippen molar-refractivity contribution in [2.75, 3.05) is 45.1 Å². The number of likely N-dealkylation sites (tertiary alicyclic amines) is 1. The Morgan fingerprint density at radius 3 is 2.71 bits per heavy atom. The molecule has 142 valence electrons. The van der Waals surface area contributed by atoms with Crippen molar-refractivity contribution < 1.29 is 13.2 Å². The van der Waals surface area contributed by atoms with Crippen LogP contribution in [0.25, 0.3) is 0 Å². The zero-order chi connectivity index (χ0) is 16.9. The number of hydrogen-bond donors (Lipinski definition) is 2. The van der Waals surface area contributed by atoms with Crippen molar-refractivity contribution in [3.05, 3.63) is 0 Å². The number of rotatable bonds is 6. The van der Waals surface area contributed by atoms with Crippen LogP contribution >= 0.6 is 24.0 Å². The Morgan fingerprint density at radius 1 is 1.38 bits per heavy atom. The summed E-state index contributed by atoms with van der Waals surface area (Å²) in [5.74, 6) is 0.832. The van der Waals surface area contributed by atoms with Crippen LogP contribution in [0.5, 0.6) is 0 Å². The maximum absolute atomic E-state index is 11.9. The van der Waals surface area contributed by atoms with Crippen molar-refractivity contribution in [2.45, 2.75) is 39.7 Å². The standard InChI is InChI=1S/C15H30N4O3S.HI/c1-4-16-14(17-7-10-23(20,21)18-13(2)3)19-8-5-15(11-19)6-9-22-12-15;/h13,18H,4-12H2,1-3H3,(H,16,17);1H. The number of aliphatic imine (C=N–C) groups is 1. The fraction of sp³-hybridized carbons (Fsp3) is 0.933. The van der Waals surface area contributed by atoms with Gasteiger partial charge in [-0.15, -0.1) is 24.0 Å². The van der Waals surface area contributed by atoms with Crippen LogP contribution < -0.4 is 10.0 Å². The fourth-order valence-corrected chi connectivity index (χ4v) is 4.37. The molecular weight excluding hydrogens is 443 g/mol. The van der Waals surface area contributed by atoms with Crippen LogP contribution in [0.15, 0.2) is 4.99 Å². The molecule has 1 atom stereocenters. The molecule has 0 aromatic rings. The highest BCUT2D eigenvalue weighted by Gasteiger charge is 2.42. The van der Waals surface area contributed by atoms with Gasteiger partial charge >= 0.3 is 0 Å². The molecule has 0 bridgehead atoms. The minimum atomic E-state index is -3.26. The molecule has 0 saturated carbocycles. The molecule has 1 unspecified atom stereocenters. The van der Waals surface area contributed by atoms with Crippen molar-refractivity contribution in [3.63, 3.8) is 0 Å². The van der Waals surface area contributed by atoms with E-state index in [4.69, 9.17) is 4.74 Å². The summed E-state index contributed by atoms with van der Waals surface area (Å²) in [4.78, 5) is 6.75. The van der Waals surface area contributed by atoms with Crippen LogP contribution in [-0.2, 0) is 14.8 Å². The zero-order valence-electron chi connectivity index (χ0n) is 14.9. The van der Waals surface area contributed by atoms with Crippen LogP contribution in [-0.4, -0.2) is 70.5 Å². The zero-order valence-corrected chi connectivity index (χ0v) is 18.0. The quantitative estimate of drug-likeness (QED) is 0.341. The number of sulfonamides is 1. The predicted molar refractivity (Wildman–Crippen MR) is 108 cm³/mol. The number of ether oxygens (including phenoxy) is 1. The molecule has 2 fully saturated rings. The summed E-state index contributed by atoms with van der Waals surface area (Å²) in [6.07, 6.45) is 2.22. The minimum Gasteiger partial charge on any atom is -0.381 e. The number of hydrogen-bond acceptors (Lipinski definition) is 4. The lowest BCUT2D eigenvalue weighted by molar-refractivity contribution is 0.156. The third kappa shape index (κ3) is 6.30. The molecule has 2 heterocycles. The van der Waals surface area contributed by atoms with E-state index in [0.29, 0.717) is 0 Å². The maximum Gasteiger partial charge on any atom is 0.213 e. The summed E-state index contributed by atoms with van der Waals surface area (Å²) in [7, 11) is -3.26. The lowest BCUT2D eigenvalue weighted by Gasteiger charge is -2.25. The second kappa shape index (κ2) is 9.54. The van der Waals surface area contributed by atoms with Crippen LogP contribution in [0.4, 0.5) is 0 Å². The smallest absolute Gasteiger partial charge is 0.213 e. The van der Waals surface area contributed by atoms with Gasteiger partial charge in [0, 0.05) is 37.7 Å². The monoisotopic (exact) mass is 474 g/mol. The number of halogens is 1. The number of nitrogens with one attached hydrogen (secondary N) is 2. The van der Waals surface area contributed by atoms with E-state index in [1.54, 1.807) is 0 Å². The fourth-order valence-electron chi connectivity index (χ4n) is 3.20. The van der Waals surface area contributed by atoms with E-state index in [-0.39, 0.29) is 47.7 Å². The van der Waals surface area contributed by atoms with Gasteiger partial charge in [-0.05, 0) is 33.6 Å². The van der Waals surface area contributed by atoms with Gasteiger partial charge < -0.3 is 15.0 Å². The highest BCUT2D eigenvalue weighted by Crippen LogP contribution is 2.38. The molecular formula is C15H31IN4O3S. The molecule has 1 spiro atoms. The average molecular weight is 474 g/mol. The third-order valence-corrected chi connectivity index (χ3v) is 5.85. The Hall–Kier alpha value is -0.130. The lowest BCUT2D eigenvalue weighted by Crippen LogP contribution is -2.42. The highest BCUT2D eigenvalue weighted by molar-refractivity contribution is 14.0. The summed E-state index contributed by atoms with van der Waals surface area (Å²) in [6.45, 7) is 10.3. The summed E-state index contributed by atoms with van der Waals surface area (Å²) in [6, 6.07) is -0.0852. The van der Waals surface area contributed by atoms with Crippen LogP contribution in [0.2, 0.25) is 0 Å². The SMILES string of the molecule is CCNC(=NCCS(=O)(=O)NC(C)C)N1CCC2(CCOC2)C1.I. The Labute approximate surface area is 163 Å². The molecule has 0 aromatic heterocycles. The molecule has 9 heteroatoms. The van der Waals surface area contributed by atoms with E-state index < -0.39 is 10.0 Å². The van der Waals surface area contributed by atoms with Crippen molar-refractivity contribution in [1.82, 2.24) is 14.9 Å². The summed E-state index contributed by atoms with van der Waals surface area (Å²) < 4.78 is 31.9. The highest BCUT2D eigenvalue weighted by atomic mass is 127. The minimum absolute atomic E-state index is 0. The van der Waals surface area contributed by atoms with Gasteiger partial charge in [0.2, 0.25) is 10.0 Å². The predicted octanol–water partition coefficient (Wildman–Crippen LogP) is 1.01. The van der Waals surface area contributed by atoms with Gasteiger partial charge in [0.05, 0.1) is 18.9 Å². The molecule has 2 rings (SSSR count). The van der Waals surface area contributed by atoms with E-state index in [0.717, 1.165) is 51.6 Å². The van der Waals surface area contributed by atoms with Gasteiger partial charge in [0.25, 0.3) is 0 Å². The Bertz CT molecular complexity index is 519. The van der Waals surface area contributed by atoms with Crippen molar-refractivity contribution in [3.8, 4) is 0 Å². The van der Waals surface area contributed by atoms with Gasteiger partial charge in [-0.25, -0.2) is 13.1 Å². The van der Waals surface area contributed by atoms with Crippen molar-refractivity contribution in [1.29, 1.82) is 0 Å². The molecule has 2 saturated heterocycles. The molecule has 7 nitrogen and oxygen atoms in total. The van der Waals surface area contributed by atoms with Gasteiger partial charge in [-0.2, -0.15) is 0 Å². The second-order valence-electron chi connectivity index (χ2n) is 6.80. The molecule has 24 heavy (non-hydrogen) atoms. The van der Waals surface area contributed by atoms with Crippen LogP contribution in [0, 0.1) is 5.41 Å². The molecule has 0 aliphatic carbocycles. The Kier molecular flexibility index (Phi) is 8.71. The first-order valence-corrected chi connectivity index (χ1v) is 10.1. The van der Waals surface area contributed by atoms with E-state index in [1.165, 1.54) is 0 Å². The Morgan fingerprint density at radius 2 is 2.12 bits per heavy atom. The normalized spacial score (nSPS) is 24.7. The molecule has 0 radical (unpaired) electrons. The lowest BCUT2D eigenvalue weighted by atomic mass is 9.87. The van der Waals surface area contributed by atoms with E-state index in [1.807, 2.05) is 20.8 Å². The Balaban J connectivity index is 0.00000288. The molecule has 0 amide bonds. The van der Waals surface area contributed by atoms with E-state index in [9.17, 15) is 8.42 Å². The molecule has 0 aromatic carbocycles. The first-order valence-electron chi connectivity index (χ1n) is 8.47. The number of guanidine groups is 1. The average Bonchev–Trinajstić information content (AvgIpc) is 3.07. The molecule has 2 N–H and O–H groups in total. The second-order valence-corrected chi connectivity index (χ2v) is 8.67. The van der Waals surface area contributed by atoms with Gasteiger partial charge in [0.1, 0.15) is 0 Å². The topological polar surface area (TPSA) is 83.0 Å². The van der Waals surface area contributed by atoms with Gasteiger partial charge in [-0.3, -0.25) is 4.99 Å². The van der Waals surface area contributed by atoms with E-state index >= 15 is 0 Å². The maximum atomic E-state index is 11.9. The first-order chi connectivity index (χ1) is 10.9. The number of nitrogens with zero attached hydrogens (tertiary/aromatic N) is 2. The van der Waals surface area contributed by atoms with E-state index in [2.05, 4.69) is 19.9 Å². The van der Waals surface area contributed by atoms with Crippen LogP contribution in [0.3, 0.4) is 0 Å². The summed E-state index contributed by atoms with van der Waals surface area (Å²) >= 11 is 0. The van der Waals surface area contributed by atoms with Gasteiger partial charge in [-0.1, -0.05) is 0 Å². The summed E-state index contributed by atoms with van der Waals surface area (Å²) in [5.41, 5.74) is 0.265. The van der Waals surface area contributed by atoms with Gasteiger partial charge in [0.15, 0.2) is 5.96 Å². The molecule has 2 aliphatic rings.